The molecule has 2 aromatic carbocycles. The molecule has 1 heterocycles. The van der Waals surface area contributed by atoms with Gasteiger partial charge < -0.3 is 0 Å². The lowest BCUT2D eigenvalue weighted by Crippen LogP contribution is -2.48. The van der Waals surface area contributed by atoms with Crippen molar-refractivity contribution >= 4 is 19.7 Å². The zero-order valence-corrected chi connectivity index (χ0v) is 19.3. The predicted molar refractivity (Wildman–Crippen MR) is 119 cm³/mol. The Balaban J connectivity index is 1.44. The molecule has 2 aromatic rings. The molecule has 0 aliphatic carbocycles. The minimum Gasteiger partial charge on any atom is -0.300 e. The van der Waals surface area contributed by atoms with E-state index in [1.165, 1.54) is 0 Å². The lowest BCUT2D eigenvalue weighted by molar-refractivity contribution is 0.143. The summed E-state index contributed by atoms with van der Waals surface area (Å²) < 4.78 is 50.1. The molecule has 0 amide bonds. The molecule has 0 spiro atoms. The summed E-state index contributed by atoms with van der Waals surface area (Å²) in [5, 5.41) is 0. The van der Waals surface area contributed by atoms with E-state index in [0.29, 0.717) is 22.9 Å². The van der Waals surface area contributed by atoms with Crippen molar-refractivity contribution in [2.45, 2.75) is 23.6 Å². The van der Waals surface area contributed by atoms with Crippen LogP contribution in [0, 0.1) is 13.8 Å². The maximum absolute atomic E-state index is 12.5. The Bertz CT molecular complexity index is 952. The number of rotatable bonds is 8. The first kappa shape index (κ1) is 22.9. The van der Waals surface area contributed by atoms with Gasteiger partial charge in [0.05, 0.1) is 21.3 Å². The monoisotopic (exact) mass is 450 g/mol. The van der Waals surface area contributed by atoms with E-state index in [1.54, 1.807) is 24.3 Å². The lowest BCUT2D eigenvalue weighted by Gasteiger charge is -2.34. The molecule has 1 saturated heterocycles. The second-order valence-corrected chi connectivity index (χ2v) is 12.2. The number of piperazine rings is 1. The molecule has 0 N–H and O–H groups in total. The summed E-state index contributed by atoms with van der Waals surface area (Å²) in [6.45, 7) is 7.82. The van der Waals surface area contributed by atoms with Crippen LogP contribution >= 0.6 is 0 Å². The van der Waals surface area contributed by atoms with Crippen LogP contribution in [0.3, 0.4) is 0 Å². The van der Waals surface area contributed by atoms with Gasteiger partial charge in [0.15, 0.2) is 19.7 Å². The maximum Gasteiger partial charge on any atom is 0.179 e. The van der Waals surface area contributed by atoms with E-state index in [9.17, 15) is 16.8 Å². The smallest absolute Gasteiger partial charge is 0.179 e. The number of hydrogen-bond donors (Lipinski definition) is 0. The summed E-state index contributed by atoms with van der Waals surface area (Å²) in [6.07, 6.45) is 0. The van der Waals surface area contributed by atoms with E-state index < -0.39 is 19.7 Å². The first-order chi connectivity index (χ1) is 14.2. The molecule has 6 nitrogen and oxygen atoms in total. The van der Waals surface area contributed by atoms with Crippen molar-refractivity contribution in [2.75, 3.05) is 50.8 Å². The van der Waals surface area contributed by atoms with Crippen LogP contribution in [0.25, 0.3) is 0 Å². The van der Waals surface area contributed by atoms with Crippen LogP contribution < -0.4 is 0 Å². The van der Waals surface area contributed by atoms with Gasteiger partial charge >= 0.3 is 0 Å². The van der Waals surface area contributed by atoms with E-state index >= 15 is 0 Å². The van der Waals surface area contributed by atoms with Crippen LogP contribution in [0.5, 0.6) is 0 Å². The highest BCUT2D eigenvalue weighted by Gasteiger charge is 2.22. The Labute approximate surface area is 180 Å². The third-order valence-corrected chi connectivity index (χ3v) is 9.00. The van der Waals surface area contributed by atoms with Crippen molar-refractivity contribution in [2.24, 2.45) is 0 Å². The van der Waals surface area contributed by atoms with E-state index in [-0.39, 0.29) is 11.5 Å². The summed E-state index contributed by atoms with van der Waals surface area (Å²) in [5.41, 5.74) is 2.07. The van der Waals surface area contributed by atoms with Gasteiger partial charge in [0, 0.05) is 39.3 Å². The van der Waals surface area contributed by atoms with Crippen molar-refractivity contribution < 1.29 is 16.8 Å². The number of nitrogens with zero attached hydrogens (tertiary/aromatic N) is 2. The quantitative estimate of drug-likeness (QED) is 0.614. The van der Waals surface area contributed by atoms with Crippen LogP contribution in [0.4, 0.5) is 0 Å². The molecular weight excluding hydrogens is 420 g/mol. The largest absolute Gasteiger partial charge is 0.300 e. The molecule has 164 valence electrons. The molecule has 1 aliphatic rings. The fraction of sp³-hybridized carbons (Fsp3) is 0.455. The number of benzene rings is 2. The normalized spacial score (nSPS) is 16.6. The highest BCUT2D eigenvalue weighted by Crippen LogP contribution is 2.14. The Hall–Kier alpha value is -1.74. The molecule has 0 saturated carbocycles. The van der Waals surface area contributed by atoms with Crippen LogP contribution in [0.15, 0.2) is 58.3 Å². The van der Waals surface area contributed by atoms with Crippen molar-refractivity contribution in [3.8, 4) is 0 Å². The first-order valence-electron chi connectivity index (χ1n) is 10.2. The molecule has 8 heteroatoms. The van der Waals surface area contributed by atoms with E-state index in [2.05, 4.69) is 9.80 Å². The minimum absolute atomic E-state index is 0.0951. The Morgan fingerprint density at radius 2 is 0.900 bits per heavy atom. The summed E-state index contributed by atoms with van der Waals surface area (Å²) in [4.78, 5) is 5.01. The molecule has 1 fully saturated rings. The van der Waals surface area contributed by atoms with Crippen molar-refractivity contribution in [3.63, 3.8) is 0 Å². The number of sulfone groups is 2. The zero-order valence-electron chi connectivity index (χ0n) is 17.6. The molecule has 0 atom stereocenters. The third-order valence-electron chi connectivity index (χ3n) is 5.58. The third kappa shape index (κ3) is 6.14. The van der Waals surface area contributed by atoms with Gasteiger partial charge in [-0.2, -0.15) is 0 Å². The summed E-state index contributed by atoms with van der Waals surface area (Å²) in [7, 11) is -6.58. The lowest BCUT2D eigenvalue weighted by atomic mass is 10.2. The second-order valence-electron chi connectivity index (χ2n) is 7.95. The fourth-order valence-corrected chi connectivity index (χ4v) is 6.03. The van der Waals surface area contributed by atoms with Crippen LogP contribution in [-0.2, 0) is 19.7 Å². The summed E-state index contributed by atoms with van der Waals surface area (Å²) in [5.74, 6) is 0.190. The van der Waals surface area contributed by atoms with Crippen molar-refractivity contribution in [3.05, 3.63) is 59.7 Å². The van der Waals surface area contributed by atoms with E-state index in [0.717, 1.165) is 37.3 Å². The van der Waals surface area contributed by atoms with Gasteiger partial charge in [-0.1, -0.05) is 35.4 Å². The SMILES string of the molecule is Cc1ccc(S(=O)(=O)CCN2CCN(CCS(=O)(=O)c3ccc(C)cc3)CC2)cc1. The van der Waals surface area contributed by atoms with Crippen LogP contribution in [0.2, 0.25) is 0 Å². The average Bonchev–Trinajstić information content (AvgIpc) is 2.72. The van der Waals surface area contributed by atoms with E-state index in [4.69, 9.17) is 0 Å². The van der Waals surface area contributed by atoms with Gasteiger partial charge in [0.25, 0.3) is 0 Å². The van der Waals surface area contributed by atoms with Crippen LogP contribution in [-0.4, -0.2) is 77.4 Å². The Morgan fingerprint density at radius 1 is 0.600 bits per heavy atom. The number of hydrogen-bond acceptors (Lipinski definition) is 6. The van der Waals surface area contributed by atoms with Gasteiger partial charge in [-0.05, 0) is 38.1 Å². The molecule has 1 aliphatic heterocycles. The first-order valence-corrected chi connectivity index (χ1v) is 13.5. The van der Waals surface area contributed by atoms with Crippen molar-refractivity contribution in [1.82, 2.24) is 9.80 Å². The Morgan fingerprint density at radius 3 is 1.20 bits per heavy atom. The maximum atomic E-state index is 12.5. The second kappa shape index (κ2) is 9.60. The molecule has 0 unspecified atom stereocenters. The van der Waals surface area contributed by atoms with Gasteiger partial charge in [0.2, 0.25) is 0 Å². The predicted octanol–water partition coefficient (Wildman–Crippen LogP) is 2.17. The fourth-order valence-electron chi connectivity index (χ4n) is 3.46. The standard InChI is InChI=1S/C22H30N2O4S2/c1-19-3-7-21(8-4-19)29(25,26)17-15-23-11-13-24(14-12-23)16-18-30(27,28)22-9-5-20(2)6-10-22/h3-10H,11-18H2,1-2H3. The highest BCUT2D eigenvalue weighted by molar-refractivity contribution is 7.91. The minimum atomic E-state index is -3.29. The van der Waals surface area contributed by atoms with Crippen LogP contribution in [0.1, 0.15) is 11.1 Å². The van der Waals surface area contributed by atoms with Gasteiger partial charge in [-0.15, -0.1) is 0 Å². The Kier molecular flexibility index (Phi) is 7.34. The molecule has 0 radical (unpaired) electrons. The van der Waals surface area contributed by atoms with E-state index in [1.807, 2.05) is 38.1 Å². The number of aryl methyl sites for hydroxylation is 2. The summed E-state index contributed by atoms with van der Waals surface area (Å²) >= 11 is 0. The molecule has 0 aromatic heterocycles. The molecule has 3 rings (SSSR count). The highest BCUT2D eigenvalue weighted by atomic mass is 32.2. The van der Waals surface area contributed by atoms with Crippen molar-refractivity contribution in [1.29, 1.82) is 0 Å². The average molecular weight is 451 g/mol. The van der Waals surface area contributed by atoms with Gasteiger partial charge in [-0.25, -0.2) is 16.8 Å². The topological polar surface area (TPSA) is 74.8 Å². The molecular formula is C22H30N2O4S2. The van der Waals surface area contributed by atoms with Gasteiger partial charge in [-0.3, -0.25) is 9.80 Å². The molecule has 30 heavy (non-hydrogen) atoms. The molecule has 0 bridgehead atoms. The summed E-state index contributed by atoms with van der Waals surface area (Å²) in [6, 6.07) is 13.9. The zero-order chi connectivity index (χ0) is 21.8. The van der Waals surface area contributed by atoms with Gasteiger partial charge in [0.1, 0.15) is 0 Å².